The van der Waals surface area contributed by atoms with E-state index in [2.05, 4.69) is 10.3 Å². The van der Waals surface area contributed by atoms with E-state index in [9.17, 15) is 14.0 Å². The molecule has 3 heterocycles. The van der Waals surface area contributed by atoms with Gasteiger partial charge in [-0.1, -0.05) is 0 Å². The van der Waals surface area contributed by atoms with Gasteiger partial charge in [-0.2, -0.15) is 0 Å². The number of nitrogens with one attached hydrogen (secondary N) is 1. The third-order valence-electron chi connectivity index (χ3n) is 4.57. The zero-order valence-corrected chi connectivity index (χ0v) is 14.8. The Kier molecular flexibility index (Phi) is 4.16. The molecule has 1 aromatic carbocycles. The fourth-order valence-electron chi connectivity index (χ4n) is 3.14. The molecule has 0 bridgehead atoms. The lowest BCUT2D eigenvalue weighted by Crippen LogP contribution is -2.28. The lowest BCUT2D eigenvalue weighted by Gasteiger charge is -2.17. The summed E-state index contributed by atoms with van der Waals surface area (Å²) in [5, 5.41) is 5.68. The van der Waals surface area contributed by atoms with Gasteiger partial charge in [-0.05, 0) is 48.2 Å². The smallest absolute Gasteiger partial charge is 0.230 e. The highest BCUT2D eigenvalue weighted by Crippen LogP contribution is 2.29. The second kappa shape index (κ2) is 6.49. The molecule has 3 aromatic rings. The van der Waals surface area contributed by atoms with Crippen LogP contribution in [0.15, 0.2) is 41.9 Å². The second-order valence-electron chi connectivity index (χ2n) is 6.32. The number of aromatic nitrogens is 1. The van der Waals surface area contributed by atoms with Crippen LogP contribution < -0.4 is 10.2 Å². The normalized spacial score (nSPS) is 17.1. The van der Waals surface area contributed by atoms with Crippen LogP contribution in [-0.2, 0) is 9.59 Å². The lowest BCUT2D eigenvalue weighted by molar-refractivity contribution is -0.122. The van der Waals surface area contributed by atoms with Crippen molar-refractivity contribution >= 4 is 44.7 Å². The predicted octanol–water partition coefficient (Wildman–Crippen LogP) is 3.74. The third-order valence-corrected chi connectivity index (χ3v) is 5.45. The molecular weight excluding hydrogens is 353 g/mol. The van der Waals surface area contributed by atoms with Crippen molar-refractivity contribution in [2.75, 3.05) is 16.8 Å². The van der Waals surface area contributed by atoms with Crippen molar-refractivity contribution in [2.45, 2.75) is 13.3 Å². The number of pyridine rings is 1. The topological polar surface area (TPSA) is 62.3 Å². The third kappa shape index (κ3) is 2.94. The molecule has 1 aliphatic heterocycles. The Balaban J connectivity index is 1.52. The van der Waals surface area contributed by atoms with Crippen molar-refractivity contribution in [3.05, 3.63) is 53.3 Å². The minimum Gasteiger partial charge on any atom is -0.312 e. The van der Waals surface area contributed by atoms with Gasteiger partial charge in [0.25, 0.3) is 0 Å². The molecule has 1 saturated heterocycles. The molecule has 2 amide bonds. The van der Waals surface area contributed by atoms with E-state index in [1.807, 2.05) is 17.5 Å². The fourth-order valence-corrected chi connectivity index (χ4v) is 3.92. The van der Waals surface area contributed by atoms with E-state index in [0.29, 0.717) is 17.1 Å². The van der Waals surface area contributed by atoms with E-state index in [1.54, 1.807) is 36.6 Å². The Hall–Kier alpha value is -2.80. The molecule has 0 unspecified atom stereocenters. The Morgan fingerprint density at radius 3 is 3.00 bits per heavy atom. The maximum absolute atomic E-state index is 13.5. The van der Waals surface area contributed by atoms with E-state index >= 15 is 0 Å². The molecule has 1 atom stereocenters. The quantitative estimate of drug-likeness (QED) is 0.765. The molecule has 7 heteroatoms. The summed E-state index contributed by atoms with van der Waals surface area (Å²) in [6, 6.07) is 8.34. The first kappa shape index (κ1) is 16.7. The number of carbonyl (C=O) groups excluding carboxylic acids is 2. The zero-order chi connectivity index (χ0) is 18.3. The van der Waals surface area contributed by atoms with Gasteiger partial charge in [0.1, 0.15) is 11.6 Å². The molecule has 0 aliphatic carbocycles. The summed E-state index contributed by atoms with van der Waals surface area (Å²) in [6.45, 7) is 1.92. The van der Waals surface area contributed by atoms with Gasteiger partial charge in [-0.25, -0.2) is 9.37 Å². The standard InChI is InChI=1S/C19H16FN3O2S/c1-11-8-13(2-3-15(11)20)23-10-12(9-17(23)24)19(25)22-18-14-5-7-26-16(14)4-6-21-18/h2-8,12H,9-10H2,1H3,(H,21,22,25)/t12-/m0/s1. The highest BCUT2D eigenvalue weighted by atomic mass is 32.1. The molecule has 132 valence electrons. The second-order valence-corrected chi connectivity index (χ2v) is 7.27. The van der Waals surface area contributed by atoms with Crippen LogP contribution in [0.4, 0.5) is 15.9 Å². The summed E-state index contributed by atoms with van der Waals surface area (Å²) >= 11 is 1.58. The van der Waals surface area contributed by atoms with Crippen LogP contribution in [0, 0.1) is 18.7 Å². The molecule has 4 rings (SSSR count). The number of fused-ring (bicyclic) bond motifs is 1. The van der Waals surface area contributed by atoms with Crippen molar-refractivity contribution in [3.8, 4) is 0 Å². The summed E-state index contributed by atoms with van der Waals surface area (Å²) in [5.74, 6) is -0.644. The van der Waals surface area contributed by atoms with E-state index < -0.39 is 5.92 Å². The van der Waals surface area contributed by atoms with Gasteiger partial charge in [0, 0.05) is 34.9 Å². The maximum Gasteiger partial charge on any atom is 0.230 e. The SMILES string of the molecule is Cc1cc(N2C[C@@H](C(=O)Nc3nccc4sccc34)CC2=O)ccc1F. The first-order chi connectivity index (χ1) is 12.5. The van der Waals surface area contributed by atoms with E-state index in [0.717, 1.165) is 10.1 Å². The van der Waals surface area contributed by atoms with Crippen LogP contribution >= 0.6 is 11.3 Å². The summed E-state index contributed by atoms with van der Waals surface area (Å²) in [4.78, 5) is 30.8. The number of halogens is 1. The summed E-state index contributed by atoms with van der Waals surface area (Å²) in [5.41, 5.74) is 1.08. The van der Waals surface area contributed by atoms with Gasteiger partial charge in [-0.15, -0.1) is 11.3 Å². The molecule has 1 N–H and O–H groups in total. The van der Waals surface area contributed by atoms with Crippen LogP contribution in [0.3, 0.4) is 0 Å². The highest BCUT2D eigenvalue weighted by molar-refractivity contribution is 7.17. The number of rotatable bonds is 3. The first-order valence-electron chi connectivity index (χ1n) is 8.22. The van der Waals surface area contributed by atoms with Crippen LogP contribution in [0.25, 0.3) is 10.1 Å². The Bertz CT molecular complexity index is 1020. The van der Waals surface area contributed by atoms with Gasteiger partial charge >= 0.3 is 0 Å². The summed E-state index contributed by atoms with van der Waals surface area (Å²) in [6.07, 6.45) is 1.78. The number of carbonyl (C=O) groups is 2. The zero-order valence-electron chi connectivity index (χ0n) is 14.0. The van der Waals surface area contributed by atoms with Crippen LogP contribution in [0.2, 0.25) is 0 Å². The van der Waals surface area contributed by atoms with Gasteiger partial charge in [0.2, 0.25) is 11.8 Å². The van der Waals surface area contributed by atoms with Crippen molar-refractivity contribution in [1.82, 2.24) is 4.98 Å². The Labute approximate surface area is 153 Å². The van der Waals surface area contributed by atoms with Gasteiger partial charge in [0.05, 0.1) is 5.92 Å². The Morgan fingerprint density at radius 1 is 1.35 bits per heavy atom. The van der Waals surface area contributed by atoms with Gasteiger partial charge in [-0.3, -0.25) is 9.59 Å². The number of benzene rings is 1. The molecule has 2 aromatic heterocycles. The number of hydrogen-bond acceptors (Lipinski definition) is 4. The lowest BCUT2D eigenvalue weighted by atomic mass is 10.1. The van der Waals surface area contributed by atoms with E-state index in [-0.39, 0.29) is 30.6 Å². The minimum atomic E-state index is -0.469. The number of amides is 2. The number of nitrogens with zero attached hydrogens (tertiary/aromatic N) is 2. The van der Waals surface area contributed by atoms with Crippen molar-refractivity contribution in [2.24, 2.45) is 5.92 Å². The van der Waals surface area contributed by atoms with Crippen LogP contribution in [0.1, 0.15) is 12.0 Å². The van der Waals surface area contributed by atoms with E-state index in [4.69, 9.17) is 0 Å². The summed E-state index contributed by atoms with van der Waals surface area (Å²) in [7, 11) is 0. The molecule has 0 saturated carbocycles. The largest absolute Gasteiger partial charge is 0.312 e. The number of hydrogen-bond donors (Lipinski definition) is 1. The summed E-state index contributed by atoms with van der Waals surface area (Å²) < 4.78 is 14.5. The van der Waals surface area contributed by atoms with Gasteiger partial charge < -0.3 is 10.2 Å². The first-order valence-corrected chi connectivity index (χ1v) is 9.10. The molecule has 1 fully saturated rings. The maximum atomic E-state index is 13.5. The highest BCUT2D eigenvalue weighted by Gasteiger charge is 2.35. The van der Waals surface area contributed by atoms with Crippen molar-refractivity contribution in [3.63, 3.8) is 0 Å². The fraction of sp³-hybridized carbons (Fsp3) is 0.211. The molecule has 26 heavy (non-hydrogen) atoms. The molecule has 0 radical (unpaired) electrons. The van der Waals surface area contributed by atoms with Crippen molar-refractivity contribution in [1.29, 1.82) is 0 Å². The number of thiophene rings is 1. The minimum absolute atomic E-state index is 0.127. The molecular formula is C19H16FN3O2S. The van der Waals surface area contributed by atoms with E-state index in [1.165, 1.54) is 11.0 Å². The Morgan fingerprint density at radius 2 is 2.19 bits per heavy atom. The monoisotopic (exact) mass is 369 g/mol. The van der Waals surface area contributed by atoms with Crippen molar-refractivity contribution < 1.29 is 14.0 Å². The van der Waals surface area contributed by atoms with Gasteiger partial charge in [0.15, 0.2) is 0 Å². The van der Waals surface area contributed by atoms with Crippen LogP contribution in [-0.4, -0.2) is 23.3 Å². The molecule has 0 spiro atoms. The average Bonchev–Trinajstić information content (AvgIpc) is 3.24. The average molecular weight is 369 g/mol. The van der Waals surface area contributed by atoms with Crippen LogP contribution in [0.5, 0.6) is 0 Å². The molecule has 1 aliphatic rings. The number of aryl methyl sites for hydroxylation is 1. The number of anilines is 2. The molecule has 5 nitrogen and oxygen atoms in total. The predicted molar refractivity (Wildman–Crippen MR) is 99.8 cm³/mol.